The van der Waals surface area contributed by atoms with E-state index in [0.29, 0.717) is 12.8 Å². The minimum Gasteiger partial charge on any atom is -0.481 e. The Labute approximate surface area is 204 Å². The van der Waals surface area contributed by atoms with E-state index < -0.39 is 18.0 Å². The lowest BCUT2D eigenvalue weighted by atomic mass is 9.85. The average Bonchev–Trinajstić information content (AvgIpc) is 3.46. The number of nitrogens with one attached hydrogen (secondary N) is 2. The zero-order valence-electron chi connectivity index (χ0n) is 19.5. The van der Waals surface area contributed by atoms with Crippen LogP contribution in [0.4, 0.5) is 4.79 Å². The molecule has 2 aromatic rings. The molecular weight excluding hydrogens is 444 g/mol. The second-order valence-corrected chi connectivity index (χ2v) is 9.71. The van der Waals surface area contributed by atoms with Gasteiger partial charge in [-0.1, -0.05) is 67.1 Å². The summed E-state index contributed by atoms with van der Waals surface area (Å²) in [6, 6.07) is 16.1. The van der Waals surface area contributed by atoms with Crippen LogP contribution in [-0.4, -0.2) is 41.8 Å². The fourth-order valence-electron chi connectivity index (χ4n) is 5.66. The van der Waals surface area contributed by atoms with Gasteiger partial charge in [0.05, 0.1) is 5.92 Å². The number of carbonyl (C=O) groups excluding carboxylic acids is 2. The molecule has 3 N–H and O–H groups in total. The smallest absolute Gasteiger partial charge is 0.407 e. The van der Waals surface area contributed by atoms with Gasteiger partial charge in [0, 0.05) is 23.9 Å². The predicted octanol–water partition coefficient (Wildman–Crippen LogP) is 4.23. The molecule has 2 amide bonds. The number of benzene rings is 2. The highest BCUT2D eigenvalue weighted by atomic mass is 16.5. The lowest BCUT2D eigenvalue weighted by molar-refractivity contribution is -0.140. The average molecular weight is 475 g/mol. The maximum atomic E-state index is 12.8. The van der Waals surface area contributed by atoms with Gasteiger partial charge in [-0.05, 0) is 47.9 Å². The Bertz CT molecular complexity index is 1110. The number of hydrogen-bond donors (Lipinski definition) is 3. The number of carboxylic acids is 1. The van der Waals surface area contributed by atoms with Gasteiger partial charge >= 0.3 is 12.1 Å². The molecule has 4 atom stereocenters. The van der Waals surface area contributed by atoms with Crippen LogP contribution in [0, 0.1) is 11.8 Å². The minimum absolute atomic E-state index is 0.00660. The van der Waals surface area contributed by atoms with Gasteiger partial charge in [0.15, 0.2) is 0 Å². The van der Waals surface area contributed by atoms with Crippen LogP contribution in [0.15, 0.2) is 60.7 Å². The van der Waals surface area contributed by atoms with Crippen LogP contribution in [0.2, 0.25) is 0 Å². The lowest BCUT2D eigenvalue weighted by Crippen LogP contribution is -2.44. The summed E-state index contributed by atoms with van der Waals surface area (Å²) < 4.78 is 5.66. The molecule has 2 unspecified atom stereocenters. The number of carboxylic acid groups (broad SMARTS) is 1. The number of hydrogen-bond acceptors (Lipinski definition) is 4. The third kappa shape index (κ3) is 4.94. The Morgan fingerprint density at radius 3 is 2.23 bits per heavy atom. The van der Waals surface area contributed by atoms with E-state index in [1.165, 1.54) is 22.3 Å². The van der Waals surface area contributed by atoms with Crippen LogP contribution >= 0.6 is 0 Å². The first-order valence-electron chi connectivity index (χ1n) is 12.3. The summed E-state index contributed by atoms with van der Waals surface area (Å²) in [5.41, 5.74) is 4.71. The molecule has 0 radical (unpaired) electrons. The largest absolute Gasteiger partial charge is 0.481 e. The molecule has 0 aromatic heterocycles. The normalized spacial score (nSPS) is 24.9. The molecule has 0 heterocycles. The van der Waals surface area contributed by atoms with Crippen LogP contribution in [0.25, 0.3) is 11.1 Å². The summed E-state index contributed by atoms with van der Waals surface area (Å²) in [6.45, 7) is 0.259. The molecule has 7 nitrogen and oxygen atoms in total. The molecule has 0 aliphatic heterocycles. The summed E-state index contributed by atoms with van der Waals surface area (Å²) in [7, 11) is 0. The Balaban J connectivity index is 1.13. The third-order valence-corrected chi connectivity index (χ3v) is 7.44. The van der Waals surface area contributed by atoms with E-state index in [4.69, 9.17) is 9.84 Å². The molecule has 35 heavy (non-hydrogen) atoms. The van der Waals surface area contributed by atoms with Gasteiger partial charge in [-0.3, -0.25) is 9.59 Å². The van der Waals surface area contributed by atoms with Crippen LogP contribution in [0.1, 0.15) is 49.1 Å². The van der Waals surface area contributed by atoms with Crippen molar-refractivity contribution in [2.75, 3.05) is 6.61 Å². The van der Waals surface area contributed by atoms with Gasteiger partial charge in [-0.25, -0.2) is 4.79 Å². The molecule has 182 valence electrons. The number of rotatable bonds is 6. The van der Waals surface area contributed by atoms with E-state index in [1.807, 2.05) is 24.3 Å². The molecule has 2 aromatic carbocycles. The highest BCUT2D eigenvalue weighted by Crippen LogP contribution is 2.44. The first-order valence-corrected chi connectivity index (χ1v) is 12.3. The van der Waals surface area contributed by atoms with Gasteiger partial charge in [-0.2, -0.15) is 0 Å². The van der Waals surface area contributed by atoms with Crippen molar-refractivity contribution in [3.05, 3.63) is 71.8 Å². The Morgan fingerprint density at radius 2 is 1.57 bits per heavy atom. The van der Waals surface area contributed by atoms with Crippen LogP contribution < -0.4 is 10.6 Å². The quantitative estimate of drug-likeness (QED) is 0.544. The Morgan fingerprint density at radius 1 is 0.886 bits per heavy atom. The number of aliphatic carboxylic acids is 1. The van der Waals surface area contributed by atoms with Crippen molar-refractivity contribution in [2.24, 2.45) is 11.8 Å². The van der Waals surface area contributed by atoms with Crippen LogP contribution in [0.5, 0.6) is 0 Å². The van der Waals surface area contributed by atoms with Gasteiger partial charge < -0.3 is 20.5 Å². The monoisotopic (exact) mass is 474 g/mol. The predicted molar refractivity (Wildman–Crippen MR) is 131 cm³/mol. The van der Waals surface area contributed by atoms with Crippen molar-refractivity contribution in [3.63, 3.8) is 0 Å². The van der Waals surface area contributed by atoms with E-state index in [0.717, 1.165) is 19.3 Å². The zero-order chi connectivity index (χ0) is 24.4. The van der Waals surface area contributed by atoms with E-state index in [-0.39, 0.29) is 36.4 Å². The van der Waals surface area contributed by atoms with Crippen LogP contribution in [0.3, 0.4) is 0 Å². The molecule has 7 heteroatoms. The fraction of sp³-hybridized carbons (Fsp3) is 0.393. The van der Waals surface area contributed by atoms with Gasteiger partial charge in [-0.15, -0.1) is 0 Å². The second-order valence-electron chi connectivity index (χ2n) is 9.71. The van der Waals surface area contributed by atoms with Crippen molar-refractivity contribution < 1.29 is 24.2 Å². The molecule has 3 aliphatic carbocycles. The molecular formula is C28H30N2O5. The van der Waals surface area contributed by atoms with E-state index in [1.54, 1.807) is 12.2 Å². The molecule has 1 saturated carbocycles. The fourth-order valence-corrected chi connectivity index (χ4v) is 5.66. The van der Waals surface area contributed by atoms with Crippen molar-refractivity contribution in [3.8, 4) is 11.1 Å². The molecule has 3 aliphatic rings. The summed E-state index contributed by atoms with van der Waals surface area (Å²) in [4.78, 5) is 36.5. The maximum Gasteiger partial charge on any atom is 0.407 e. The first kappa shape index (κ1) is 23.1. The zero-order valence-corrected chi connectivity index (χ0v) is 19.5. The Hall–Kier alpha value is -3.61. The summed E-state index contributed by atoms with van der Waals surface area (Å²) in [5.74, 6) is -1.70. The standard InChI is InChI=1S/C28H30N2O5/c31-26(29-20-13-12-18(15-20)27(32)33)17-6-5-7-19(14-17)30-28(34)35-16-25-23-10-3-1-8-21(23)22-9-2-4-11-24(22)25/h1-4,8-13,17-20,25H,5-7,14-16H2,(H,29,31)(H,30,34)(H,32,33)/t17-,18?,19+,20?/m1/s1. The molecule has 0 spiro atoms. The lowest BCUT2D eigenvalue weighted by Gasteiger charge is -2.29. The highest BCUT2D eigenvalue weighted by Gasteiger charge is 2.32. The number of fused-ring (bicyclic) bond motifs is 3. The summed E-state index contributed by atoms with van der Waals surface area (Å²) in [5, 5.41) is 15.0. The van der Waals surface area contributed by atoms with Crippen molar-refractivity contribution >= 4 is 18.0 Å². The minimum atomic E-state index is -0.872. The second kappa shape index (κ2) is 9.94. The highest BCUT2D eigenvalue weighted by molar-refractivity contribution is 5.81. The van der Waals surface area contributed by atoms with E-state index >= 15 is 0 Å². The summed E-state index contributed by atoms with van der Waals surface area (Å²) in [6.07, 6.45) is 6.27. The van der Waals surface area contributed by atoms with Crippen molar-refractivity contribution in [2.45, 2.75) is 50.1 Å². The topological polar surface area (TPSA) is 105 Å². The first-order chi connectivity index (χ1) is 17.0. The summed E-state index contributed by atoms with van der Waals surface area (Å²) >= 11 is 0. The van der Waals surface area contributed by atoms with E-state index in [9.17, 15) is 14.4 Å². The van der Waals surface area contributed by atoms with Gasteiger partial charge in [0.1, 0.15) is 6.61 Å². The van der Waals surface area contributed by atoms with Crippen molar-refractivity contribution in [1.82, 2.24) is 10.6 Å². The van der Waals surface area contributed by atoms with Crippen molar-refractivity contribution in [1.29, 1.82) is 0 Å². The third-order valence-electron chi connectivity index (χ3n) is 7.44. The Kier molecular flexibility index (Phi) is 6.57. The number of carbonyl (C=O) groups is 3. The maximum absolute atomic E-state index is 12.8. The number of alkyl carbamates (subject to hydrolysis) is 1. The number of ether oxygens (including phenoxy) is 1. The van der Waals surface area contributed by atoms with Crippen LogP contribution in [-0.2, 0) is 14.3 Å². The SMILES string of the molecule is O=C(N[C@H]1CCC[C@@H](C(=O)NC2C=CC(C(=O)O)C2)C1)OCC1c2ccccc2-c2ccccc21. The molecule has 0 saturated heterocycles. The van der Waals surface area contributed by atoms with Gasteiger partial charge in [0.25, 0.3) is 0 Å². The van der Waals surface area contributed by atoms with E-state index in [2.05, 4.69) is 34.9 Å². The molecule has 0 bridgehead atoms. The van der Waals surface area contributed by atoms with Gasteiger partial charge in [0.2, 0.25) is 5.91 Å². The number of amides is 2. The molecule has 5 rings (SSSR count). The molecule has 1 fully saturated rings.